The van der Waals surface area contributed by atoms with Crippen LogP contribution in [0.25, 0.3) is 0 Å². The molecule has 6 N–H and O–H groups in total. The van der Waals surface area contributed by atoms with E-state index in [-0.39, 0.29) is 11.3 Å². The van der Waals surface area contributed by atoms with E-state index in [1.165, 1.54) is 18.2 Å². The highest BCUT2D eigenvalue weighted by Crippen LogP contribution is 2.37. The fourth-order valence-electron chi connectivity index (χ4n) is 1.70. The second-order valence-electron chi connectivity index (χ2n) is 4.07. The van der Waals surface area contributed by atoms with Crippen LogP contribution in [0.15, 0.2) is 30.3 Å². The second kappa shape index (κ2) is 5.32. The first-order valence-corrected chi connectivity index (χ1v) is 5.60. The Morgan fingerprint density at radius 1 is 1.15 bits per heavy atom. The zero-order valence-electron chi connectivity index (χ0n) is 10.1. The quantitative estimate of drug-likeness (QED) is 0.256. The van der Waals surface area contributed by atoms with Gasteiger partial charge in [-0.05, 0) is 18.2 Å². The van der Waals surface area contributed by atoms with Crippen molar-refractivity contribution in [2.24, 2.45) is 0 Å². The van der Waals surface area contributed by atoms with Crippen LogP contribution in [0.4, 0.5) is 25.8 Å². The molecule has 0 saturated heterocycles. The van der Waals surface area contributed by atoms with E-state index in [1.54, 1.807) is 0 Å². The Kier molecular flexibility index (Phi) is 3.73. The summed E-state index contributed by atoms with van der Waals surface area (Å²) < 4.78 is 27.5. The summed E-state index contributed by atoms with van der Waals surface area (Å²) >= 11 is 0. The normalized spacial score (nSPS) is 10.8. The number of anilines is 3. The second-order valence-corrected chi connectivity index (χ2v) is 4.07. The van der Waals surface area contributed by atoms with Crippen molar-refractivity contribution in [3.05, 3.63) is 47.5 Å². The van der Waals surface area contributed by atoms with E-state index in [2.05, 4.69) is 5.32 Å². The molecule has 0 radical (unpaired) electrons. The maximum atomic E-state index is 14.0. The van der Waals surface area contributed by atoms with Crippen LogP contribution in [0, 0.1) is 11.6 Å². The minimum atomic E-state index is -2.06. The molecule has 0 bridgehead atoms. The molecular weight excluding hydrogens is 270 g/mol. The summed E-state index contributed by atoms with van der Waals surface area (Å²) in [6.45, 7) is 0. The Labute approximate surface area is 112 Å². The van der Waals surface area contributed by atoms with Crippen LogP contribution in [-0.2, 0) is 0 Å². The van der Waals surface area contributed by atoms with Gasteiger partial charge in [-0.25, -0.2) is 8.78 Å². The molecule has 2 aromatic rings. The first-order chi connectivity index (χ1) is 9.41. The summed E-state index contributed by atoms with van der Waals surface area (Å²) in [5.74, 6) is -2.39. The summed E-state index contributed by atoms with van der Waals surface area (Å²) in [6.07, 6.45) is -2.06. The lowest BCUT2D eigenvalue weighted by molar-refractivity contribution is -0.0421. The molecule has 0 unspecified atom stereocenters. The van der Waals surface area contributed by atoms with Crippen molar-refractivity contribution in [1.29, 1.82) is 0 Å². The number of benzene rings is 2. The monoisotopic (exact) mass is 282 g/mol. The molecule has 0 heterocycles. The minimum Gasteiger partial charge on any atom is -0.506 e. The van der Waals surface area contributed by atoms with Crippen LogP contribution in [0.3, 0.4) is 0 Å². The van der Waals surface area contributed by atoms with Gasteiger partial charge in [0.15, 0.2) is 12.1 Å². The number of phenols is 1. The Morgan fingerprint density at radius 3 is 2.40 bits per heavy atom. The molecule has 0 fully saturated rings. The molecule has 0 spiro atoms. The summed E-state index contributed by atoms with van der Waals surface area (Å²) in [5.41, 5.74) is 3.89. The molecule has 0 atom stereocenters. The van der Waals surface area contributed by atoms with Gasteiger partial charge in [0.2, 0.25) is 0 Å². The van der Waals surface area contributed by atoms with Gasteiger partial charge in [-0.1, -0.05) is 12.1 Å². The highest BCUT2D eigenvalue weighted by Gasteiger charge is 2.20. The van der Waals surface area contributed by atoms with Crippen molar-refractivity contribution in [2.75, 3.05) is 11.1 Å². The highest BCUT2D eigenvalue weighted by atomic mass is 19.1. The molecule has 7 heteroatoms. The van der Waals surface area contributed by atoms with Crippen LogP contribution < -0.4 is 11.1 Å². The van der Waals surface area contributed by atoms with Gasteiger partial charge >= 0.3 is 0 Å². The number of aromatic hydroxyl groups is 1. The number of nitrogens with two attached hydrogens (primary N) is 1. The number of nitrogen functional groups attached to an aromatic ring is 1. The van der Waals surface area contributed by atoms with Gasteiger partial charge in [-0.3, -0.25) is 0 Å². The van der Waals surface area contributed by atoms with Gasteiger partial charge in [0.05, 0.1) is 11.4 Å². The molecule has 0 amide bonds. The molecule has 0 aliphatic carbocycles. The molecule has 2 aromatic carbocycles. The Hall–Kier alpha value is -2.38. The molecule has 2 rings (SSSR count). The third-order valence-electron chi connectivity index (χ3n) is 2.72. The first kappa shape index (κ1) is 14.0. The Morgan fingerprint density at radius 2 is 1.80 bits per heavy atom. The summed E-state index contributed by atoms with van der Waals surface area (Å²) in [6, 6.07) is 6.35. The number of aliphatic hydroxyl groups is 2. The molecule has 0 saturated carbocycles. The van der Waals surface area contributed by atoms with Crippen molar-refractivity contribution in [1.82, 2.24) is 0 Å². The van der Waals surface area contributed by atoms with Gasteiger partial charge in [0, 0.05) is 5.56 Å². The molecule has 0 aliphatic rings. The number of rotatable bonds is 3. The largest absolute Gasteiger partial charge is 0.506 e. The summed E-state index contributed by atoms with van der Waals surface area (Å²) in [4.78, 5) is 0. The fourth-order valence-corrected chi connectivity index (χ4v) is 1.70. The lowest BCUT2D eigenvalue weighted by Gasteiger charge is -2.17. The predicted octanol–water partition coefficient (Wildman–Crippen LogP) is 1.98. The Balaban J connectivity index is 2.56. The average molecular weight is 282 g/mol. The molecular formula is C13H12F2N2O3. The van der Waals surface area contributed by atoms with Crippen molar-refractivity contribution >= 4 is 17.1 Å². The zero-order valence-corrected chi connectivity index (χ0v) is 10.1. The number of phenolic OH excluding ortho intramolecular Hbond substituents is 1. The zero-order chi connectivity index (χ0) is 14.9. The number of halogens is 2. The van der Waals surface area contributed by atoms with E-state index < -0.39 is 35.0 Å². The van der Waals surface area contributed by atoms with Gasteiger partial charge in [0.1, 0.15) is 17.3 Å². The first-order valence-electron chi connectivity index (χ1n) is 5.60. The van der Waals surface area contributed by atoms with Gasteiger partial charge in [-0.2, -0.15) is 0 Å². The fraction of sp³-hybridized carbons (Fsp3) is 0.0769. The van der Waals surface area contributed by atoms with Gasteiger partial charge in [0.25, 0.3) is 0 Å². The van der Waals surface area contributed by atoms with E-state index in [9.17, 15) is 24.1 Å². The van der Waals surface area contributed by atoms with E-state index in [1.807, 2.05) is 0 Å². The van der Waals surface area contributed by atoms with E-state index in [0.29, 0.717) is 0 Å². The summed E-state index contributed by atoms with van der Waals surface area (Å²) in [5, 5.41) is 30.2. The maximum absolute atomic E-state index is 14.0. The Bertz CT molecular complexity index is 648. The SMILES string of the molecule is Nc1c(O)cc(C(O)O)c(Nc2ccccc2F)c1F. The third kappa shape index (κ3) is 2.49. The number of para-hydroxylation sites is 1. The minimum absolute atomic E-state index is 0.0709. The number of hydrogen-bond acceptors (Lipinski definition) is 5. The van der Waals surface area contributed by atoms with Crippen LogP contribution >= 0.6 is 0 Å². The smallest absolute Gasteiger partial charge is 0.180 e. The lowest BCUT2D eigenvalue weighted by Crippen LogP contribution is -2.07. The van der Waals surface area contributed by atoms with E-state index in [0.717, 1.165) is 12.1 Å². The van der Waals surface area contributed by atoms with E-state index in [4.69, 9.17) is 5.73 Å². The van der Waals surface area contributed by atoms with Gasteiger partial charge < -0.3 is 26.4 Å². The standard InChI is InChI=1S/C13H12F2N2O3/c14-7-3-1-2-4-8(7)17-12-6(13(19)20)5-9(18)11(16)10(12)15/h1-5,13,17-20H,16H2. The topological polar surface area (TPSA) is 98.7 Å². The third-order valence-corrected chi connectivity index (χ3v) is 2.72. The number of hydrogen-bond donors (Lipinski definition) is 5. The van der Waals surface area contributed by atoms with Crippen LogP contribution in [-0.4, -0.2) is 15.3 Å². The molecule has 106 valence electrons. The molecule has 5 nitrogen and oxygen atoms in total. The average Bonchev–Trinajstić information content (AvgIpc) is 2.41. The van der Waals surface area contributed by atoms with Crippen LogP contribution in [0.5, 0.6) is 5.75 Å². The molecule has 0 aliphatic heterocycles. The van der Waals surface area contributed by atoms with E-state index >= 15 is 0 Å². The number of aliphatic hydroxyl groups excluding tert-OH is 1. The lowest BCUT2D eigenvalue weighted by atomic mass is 10.1. The van der Waals surface area contributed by atoms with Crippen LogP contribution in [0.1, 0.15) is 11.9 Å². The molecule has 20 heavy (non-hydrogen) atoms. The maximum Gasteiger partial charge on any atom is 0.180 e. The van der Waals surface area contributed by atoms with Crippen molar-refractivity contribution < 1.29 is 24.1 Å². The van der Waals surface area contributed by atoms with Crippen molar-refractivity contribution in [3.8, 4) is 5.75 Å². The number of nitrogens with one attached hydrogen (secondary N) is 1. The van der Waals surface area contributed by atoms with Crippen molar-refractivity contribution in [2.45, 2.75) is 6.29 Å². The molecule has 0 aromatic heterocycles. The highest BCUT2D eigenvalue weighted by molar-refractivity contribution is 5.72. The van der Waals surface area contributed by atoms with Crippen LogP contribution in [0.2, 0.25) is 0 Å². The van der Waals surface area contributed by atoms with Gasteiger partial charge in [-0.15, -0.1) is 0 Å². The summed E-state index contributed by atoms with van der Waals surface area (Å²) in [7, 11) is 0. The predicted molar refractivity (Wildman–Crippen MR) is 69.3 cm³/mol. The van der Waals surface area contributed by atoms with Crippen molar-refractivity contribution in [3.63, 3.8) is 0 Å².